The van der Waals surface area contributed by atoms with Crippen molar-refractivity contribution in [1.82, 2.24) is 4.90 Å². The first kappa shape index (κ1) is 18.3. The highest BCUT2D eigenvalue weighted by Gasteiger charge is 2.45. The number of carbonyl (C=O) groups excluding carboxylic acids is 1. The molecule has 0 radical (unpaired) electrons. The van der Waals surface area contributed by atoms with Crippen LogP contribution in [-0.2, 0) is 16.0 Å². The van der Waals surface area contributed by atoms with Crippen LogP contribution in [-0.4, -0.2) is 47.8 Å². The molecule has 0 unspecified atom stereocenters. The van der Waals surface area contributed by atoms with Gasteiger partial charge in [-0.2, -0.15) is 0 Å². The molecular weight excluding hydrogens is 321 g/mol. The molecule has 0 aromatic heterocycles. The standard InChI is InChI=1S/C20H28FNO3/c1-14-11-16(3-4-18(14)21)12-19(23)22-8-7-20(24,15(2)13-22)17-5-9-25-10-6-17/h3-4,11,15,17,24H,5-10,12-13H2,1-2H3/t15-,20+/m1/s1. The highest BCUT2D eigenvalue weighted by molar-refractivity contribution is 5.79. The Hall–Kier alpha value is -1.46. The van der Waals surface area contributed by atoms with Crippen LogP contribution in [0.1, 0.15) is 37.3 Å². The van der Waals surface area contributed by atoms with Crippen LogP contribution in [0.3, 0.4) is 0 Å². The molecule has 0 saturated carbocycles. The fourth-order valence-electron chi connectivity index (χ4n) is 4.27. The molecule has 3 rings (SSSR count). The van der Waals surface area contributed by atoms with Crippen molar-refractivity contribution in [3.8, 4) is 0 Å². The van der Waals surface area contributed by atoms with Crippen molar-refractivity contribution < 1.29 is 19.0 Å². The zero-order chi connectivity index (χ0) is 18.0. The first-order valence-electron chi connectivity index (χ1n) is 9.23. The SMILES string of the molecule is Cc1cc(CC(=O)N2CC[C@@](O)(C3CCOCC3)[C@H](C)C2)ccc1F. The zero-order valence-corrected chi connectivity index (χ0v) is 15.1. The van der Waals surface area contributed by atoms with E-state index in [1.807, 2.05) is 11.8 Å². The van der Waals surface area contributed by atoms with Crippen LogP contribution in [0, 0.1) is 24.6 Å². The first-order valence-corrected chi connectivity index (χ1v) is 9.23. The monoisotopic (exact) mass is 349 g/mol. The molecular formula is C20H28FNO3. The van der Waals surface area contributed by atoms with E-state index in [1.54, 1.807) is 19.1 Å². The summed E-state index contributed by atoms with van der Waals surface area (Å²) in [5.41, 5.74) is 0.695. The van der Waals surface area contributed by atoms with Gasteiger partial charge < -0.3 is 14.7 Å². The maximum Gasteiger partial charge on any atom is 0.227 e. The van der Waals surface area contributed by atoms with Crippen molar-refractivity contribution in [3.05, 3.63) is 35.1 Å². The Morgan fingerprint density at radius 2 is 2.12 bits per heavy atom. The van der Waals surface area contributed by atoms with Gasteiger partial charge in [0.15, 0.2) is 0 Å². The number of amides is 1. The van der Waals surface area contributed by atoms with E-state index in [9.17, 15) is 14.3 Å². The van der Waals surface area contributed by atoms with Gasteiger partial charge in [0.05, 0.1) is 12.0 Å². The molecule has 2 fully saturated rings. The van der Waals surface area contributed by atoms with Crippen LogP contribution in [0.5, 0.6) is 0 Å². The summed E-state index contributed by atoms with van der Waals surface area (Å²) in [7, 11) is 0. The Bertz CT molecular complexity index is 629. The Morgan fingerprint density at radius 1 is 1.40 bits per heavy atom. The molecule has 0 aliphatic carbocycles. The smallest absolute Gasteiger partial charge is 0.227 e. The van der Waals surface area contributed by atoms with E-state index in [4.69, 9.17) is 4.74 Å². The molecule has 25 heavy (non-hydrogen) atoms. The van der Waals surface area contributed by atoms with Crippen molar-refractivity contribution in [1.29, 1.82) is 0 Å². The number of benzene rings is 1. The predicted molar refractivity (Wildman–Crippen MR) is 93.7 cm³/mol. The van der Waals surface area contributed by atoms with Gasteiger partial charge in [0.1, 0.15) is 5.82 Å². The Kier molecular flexibility index (Phi) is 5.44. The molecule has 1 N–H and O–H groups in total. The second-order valence-corrected chi connectivity index (χ2v) is 7.63. The molecule has 1 amide bonds. The van der Waals surface area contributed by atoms with Crippen LogP contribution >= 0.6 is 0 Å². The Labute approximate surface area is 149 Å². The van der Waals surface area contributed by atoms with Crippen molar-refractivity contribution in [2.24, 2.45) is 11.8 Å². The number of rotatable bonds is 3. The number of carbonyl (C=O) groups is 1. The van der Waals surface area contributed by atoms with Crippen LogP contribution in [0.25, 0.3) is 0 Å². The molecule has 2 atom stereocenters. The van der Waals surface area contributed by atoms with Gasteiger partial charge in [-0.3, -0.25) is 4.79 Å². The second kappa shape index (κ2) is 7.42. The zero-order valence-electron chi connectivity index (χ0n) is 15.1. The highest BCUT2D eigenvalue weighted by atomic mass is 19.1. The highest BCUT2D eigenvalue weighted by Crippen LogP contribution is 2.39. The lowest BCUT2D eigenvalue weighted by atomic mass is 9.70. The Morgan fingerprint density at radius 3 is 2.76 bits per heavy atom. The van der Waals surface area contributed by atoms with E-state index in [1.165, 1.54) is 6.07 Å². The van der Waals surface area contributed by atoms with Crippen molar-refractivity contribution in [2.75, 3.05) is 26.3 Å². The molecule has 1 aromatic carbocycles. The molecule has 0 spiro atoms. The quantitative estimate of drug-likeness (QED) is 0.913. The van der Waals surface area contributed by atoms with Crippen LogP contribution in [0.15, 0.2) is 18.2 Å². The largest absolute Gasteiger partial charge is 0.389 e. The summed E-state index contributed by atoms with van der Waals surface area (Å²) in [6.07, 6.45) is 2.68. The van der Waals surface area contributed by atoms with Gasteiger partial charge in [0.2, 0.25) is 5.91 Å². The van der Waals surface area contributed by atoms with E-state index in [0.29, 0.717) is 38.3 Å². The van der Waals surface area contributed by atoms with E-state index in [-0.39, 0.29) is 30.0 Å². The molecule has 2 aliphatic rings. The number of hydrogen-bond acceptors (Lipinski definition) is 3. The van der Waals surface area contributed by atoms with Gasteiger partial charge >= 0.3 is 0 Å². The molecule has 0 bridgehead atoms. The maximum absolute atomic E-state index is 13.4. The topological polar surface area (TPSA) is 49.8 Å². The van der Waals surface area contributed by atoms with Crippen LogP contribution in [0.4, 0.5) is 4.39 Å². The summed E-state index contributed by atoms with van der Waals surface area (Å²) in [6.45, 7) is 6.33. The third-order valence-corrected chi connectivity index (χ3v) is 5.99. The number of hydrogen-bond donors (Lipinski definition) is 1. The number of nitrogens with zero attached hydrogens (tertiary/aromatic N) is 1. The molecule has 138 valence electrons. The number of aliphatic hydroxyl groups is 1. The van der Waals surface area contributed by atoms with Gasteiger partial charge in [-0.1, -0.05) is 19.1 Å². The van der Waals surface area contributed by atoms with Gasteiger partial charge in [0, 0.05) is 32.2 Å². The molecule has 2 aliphatic heterocycles. The summed E-state index contributed by atoms with van der Waals surface area (Å²) in [5, 5.41) is 11.2. The van der Waals surface area contributed by atoms with E-state index >= 15 is 0 Å². The van der Waals surface area contributed by atoms with Gasteiger partial charge in [-0.05, 0) is 49.3 Å². The minimum Gasteiger partial charge on any atom is -0.389 e. The normalized spacial score (nSPS) is 28.2. The summed E-state index contributed by atoms with van der Waals surface area (Å²) in [4.78, 5) is 14.5. The second-order valence-electron chi connectivity index (χ2n) is 7.63. The third kappa shape index (κ3) is 3.87. The first-order chi connectivity index (χ1) is 11.9. The van der Waals surface area contributed by atoms with Crippen molar-refractivity contribution in [2.45, 2.75) is 45.1 Å². The number of piperidine rings is 1. The fraction of sp³-hybridized carbons (Fsp3) is 0.650. The van der Waals surface area contributed by atoms with Crippen molar-refractivity contribution >= 4 is 5.91 Å². The average Bonchev–Trinajstić information content (AvgIpc) is 2.61. The van der Waals surface area contributed by atoms with Crippen LogP contribution < -0.4 is 0 Å². The van der Waals surface area contributed by atoms with Crippen molar-refractivity contribution in [3.63, 3.8) is 0 Å². The van der Waals surface area contributed by atoms with Gasteiger partial charge in [0.25, 0.3) is 0 Å². The number of halogens is 1. The number of ether oxygens (including phenoxy) is 1. The molecule has 2 heterocycles. The summed E-state index contributed by atoms with van der Waals surface area (Å²) in [6, 6.07) is 4.83. The fourth-order valence-corrected chi connectivity index (χ4v) is 4.27. The summed E-state index contributed by atoms with van der Waals surface area (Å²) >= 11 is 0. The molecule has 4 nitrogen and oxygen atoms in total. The lowest BCUT2D eigenvalue weighted by Crippen LogP contribution is -2.57. The molecule has 2 saturated heterocycles. The number of aryl methyl sites for hydroxylation is 1. The summed E-state index contributed by atoms with van der Waals surface area (Å²) in [5.74, 6) is 0.104. The lowest BCUT2D eigenvalue weighted by molar-refractivity contribution is -0.150. The minimum atomic E-state index is -0.701. The van der Waals surface area contributed by atoms with Crippen LogP contribution in [0.2, 0.25) is 0 Å². The third-order valence-electron chi connectivity index (χ3n) is 5.99. The minimum absolute atomic E-state index is 0.0447. The number of likely N-dealkylation sites (tertiary alicyclic amines) is 1. The van der Waals surface area contributed by atoms with E-state index < -0.39 is 5.60 Å². The average molecular weight is 349 g/mol. The van der Waals surface area contributed by atoms with E-state index in [0.717, 1.165) is 18.4 Å². The summed E-state index contributed by atoms with van der Waals surface area (Å²) < 4.78 is 18.8. The Balaban J connectivity index is 1.61. The molecule has 1 aromatic rings. The van der Waals surface area contributed by atoms with Gasteiger partial charge in [-0.25, -0.2) is 4.39 Å². The predicted octanol–water partition coefficient (Wildman–Crippen LogP) is 2.70. The van der Waals surface area contributed by atoms with E-state index in [2.05, 4.69) is 0 Å². The lowest BCUT2D eigenvalue weighted by Gasteiger charge is -2.48. The molecule has 5 heteroatoms. The maximum atomic E-state index is 13.4. The van der Waals surface area contributed by atoms with Gasteiger partial charge in [-0.15, -0.1) is 0 Å².